The van der Waals surface area contributed by atoms with Crippen LogP contribution in [0.3, 0.4) is 0 Å². The van der Waals surface area contributed by atoms with Crippen LogP contribution in [0.1, 0.15) is 39.9 Å². The summed E-state index contributed by atoms with van der Waals surface area (Å²) in [5.41, 5.74) is 3.44. The number of hydrogen-bond acceptors (Lipinski definition) is 5. The molecule has 0 aromatic heterocycles. The highest BCUT2D eigenvalue weighted by Crippen LogP contribution is 2.45. The van der Waals surface area contributed by atoms with Gasteiger partial charge in [0.2, 0.25) is 5.78 Å². The fourth-order valence-corrected chi connectivity index (χ4v) is 3.77. The first-order chi connectivity index (χ1) is 13.1. The standard InChI is InChI=1S/C22H21NO4/c1-13-9-18-17(11-23(12-26-18)15-5-6-15)22-20(13)21(24)19(27-22)10-14-3-7-16(25-2)8-4-14/h3-4,7-10,15H,5-6,11-12H2,1-2H3/b19-10-. The molecule has 3 aliphatic rings. The van der Waals surface area contributed by atoms with Gasteiger partial charge >= 0.3 is 0 Å². The van der Waals surface area contributed by atoms with Gasteiger partial charge in [-0.2, -0.15) is 0 Å². The second kappa shape index (κ2) is 6.13. The molecule has 1 fully saturated rings. The number of carbonyl (C=O) groups excluding carboxylic acids is 1. The van der Waals surface area contributed by atoms with Crippen LogP contribution >= 0.6 is 0 Å². The van der Waals surface area contributed by atoms with Crippen LogP contribution in [-0.4, -0.2) is 30.6 Å². The van der Waals surface area contributed by atoms with Crippen molar-refractivity contribution in [3.63, 3.8) is 0 Å². The molecule has 0 amide bonds. The topological polar surface area (TPSA) is 48.0 Å². The number of aryl methyl sites for hydroxylation is 1. The van der Waals surface area contributed by atoms with Gasteiger partial charge in [-0.1, -0.05) is 12.1 Å². The van der Waals surface area contributed by atoms with E-state index < -0.39 is 0 Å². The molecule has 0 bridgehead atoms. The minimum absolute atomic E-state index is 0.0651. The van der Waals surface area contributed by atoms with Gasteiger partial charge in [-0.25, -0.2) is 0 Å². The predicted molar refractivity (Wildman–Crippen MR) is 101 cm³/mol. The summed E-state index contributed by atoms with van der Waals surface area (Å²) in [5.74, 6) is 2.57. The molecule has 138 valence electrons. The van der Waals surface area contributed by atoms with E-state index in [9.17, 15) is 4.79 Å². The Morgan fingerprint density at radius 2 is 2.00 bits per heavy atom. The summed E-state index contributed by atoms with van der Waals surface area (Å²) in [6, 6.07) is 10.1. The highest BCUT2D eigenvalue weighted by atomic mass is 16.5. The van der Waals surface area contributed by atoms with Crippen LogP contribution in [0.25, 0.3) is 6.08 Å². The maximum atomic E-state index is 13.0. The van der Waals surface area contributed by atoms with Crippen LogP contribution < -0.4 is 14.2 Å². The molecule has 5 nitrogen and oxygen atoms in total. The number of rotatable bonds is 3. The molecule has 0 unspecified atom stereocenters. The molecule has 5 rings (SSSR count). The van der Waals surface area contributed by atoms with Crippen molar-refractivity contribution >= 4 is 11.9 Å². The van der Waals surface area contributed by atoms with Crippen molar-refractivity contribution in [1.82, 2.24) is 4.90 Å². The molecule has 2 aromatic carbocycles. The molecule has 2 aromatic rings. The lowest BCUT2D eigenvalue weighted by Gasteiger charge is -2.30. The number of fused-ring (bicyclic) bond motifs is 3. The largest absolute Gasteiger partial charge is 0.497 e. The minimum atomic E-state index is -0.0651. The quantitative estimate of drug-likeness (QED) is 0.773. The summed E-state index contributed by atoms with van der Waals surface area (Å²) in [6.45, 7) is 3.32. The fraction of sp³-hybridized carbons (Fsp3) is 0.318. The Bertz CT molecular complexity index is 957. The molecule has 0 saturated heterocycles. The Morgan fingerprint density at radius 3 is 2.70 bits per heavy atom. The van der Waals surface area contributed by atoms with Crippen molar-refractivity contribution in [3.8, 4) is 17.2 Å². The van der Waals surface area contributed by atoms with Crippen LogP contribution in [0.5, 0.6) is 17.2 Å². The van der Waals surface area contributed by atoms with Crippen molar-refractivity contribution in [3.05, 3.63) is 58.3 Å². The van der Waals surface area contributed by atoms with Crippen molar-refractivity contribution in [2.45, 2.75) is 32.4 Å². The van der Waals surface area contributed by atoms with E-state index in [-0.39, 0.29) is 5.78 Å². The fourth-order valence-electron chi connectivity index (χ4n) is 3.77. The van der Waals surface area contributed by atoms with Crippen molar-refractivity contribution in [2.24, 2.45) is 0 Å². The van der Waals surface area contributed by atoms with Crippen molar-refractivity contribution in [1.29, 1.82) is 0 Å². The van der Waals surface area contributed by atoms with Crippen molar-refractivity contribution < 1.29 is 19.0 Å². The molecule has 2 aliphatic heterocycles. The zero-order valence-corrected chi connectivity index (χ0v) is 15.5. The van der Waals surface area contributed by atoms with E-state index in [1.54, 1.807) is 13.2 Å². The summed E-state index contributed by atoms with van der Waals surface area (Å²) in [6.07, 6.45) is 4.22. The molecule has 27 heavy (non-hydrogen) atoms. The van der Waals surface area contributed by atoms with Crippen LogP contribution in [0.15, 0.2) is 36.1 Å². The maximum Gasteiger partial charge on any atom is 0.232 e. The molecule has 1 saturated carbocycles. The van der Waals surface area contributed by atoms with Crippen LogP contribution in [0.4, 0.5) is 0 Å². The van der Waals surface area contributed by atoms with E-state index in [1.165, 1.54) is 12.8 Å². The maximum absolute atomic E-state index is 13.0. The average molecular weight is 363 g/mol. The van der Waals surface area contributed by atoms with Gasteiger partial charge in [0.15, 0.2) is 5.76 Å². The second-order valence-corrected chi connectivity index (χ2v) is 7.34. The van der Waals surface area contributed by atoms with E-state index >= 15 is 0 Å². The third kappa shape index (κ3) is 2.79. The van der Waals surface area contributed by atoms with Gasteiger partial charge in [0, 0.05) is 12.6 Å². The molecular formula is C22H21NO4. The monoisotopic (exact) mass is 363 g/mol. The molecule has 2 heterocycles. The Morgan fingerprint density at radius 1 is 1.22 bits per heavy atom. The number of ketones is 1. The van der Waals surface area contributed by atoms with Crippen molar-refractivity contribution in [2.75, 3.05) is 13.8 Å². The number of allylic oxidation sites excluding steroid dienone is 1. The summed E-state index contributed by atoms with van der Waals surface area (Å²) in [5, 5.41) is 0. The summed E-state index contributed by atoms with van der Waals surface area (Å²) in [7, 11) is 1.63. The first-order valence-electron chi connectivity index (χ1n) is 9.25. The van der Waals surface area contributed by atoms with Gasteiger partial charge in [-0.05, 0) is 55.2 Å². The average Bonchev–Trinajstić information content (AvgIpc) is 3.47. The first kappa shape index (κ1) is 16.4. The summed E-state index contributed by atoms with van der Waals surface area (Å²) < 4.78 is 17.2. The Balaban J connectivity index is 1.51. The van der Waals surface area contributed by atoms with Crippen LogP contribution in [-0.2, 0) is 6.54 Å². The lowest BCUT2D eigenvalue weighted by atomic mass is 9.98. The van der Waals surface area contributed by atoms with Crippen LogP contribution in [0, 0.1) is 6.92 Å². The number of nitrogens with zero attached hydrogens (tertiary/aromatic N) is 1. The molecule has 0 atom stereocenters. The second-order valence-electron chi connectivity index (χ2n) is 7.34. The molecule has 0 radical (unpaired) electrons. The number of benzene rings is 2. The number of carbonyl (C=O) groups is 1. The zero-order chi connectivity index (χ0) is 18.5. The summed E-state index contributed by atoms with van der Waals surface area (Å²) >= 11 is 0. The van der Waals surface area contributed by atoms with Gasteiger partial charge in [-0.3, -0.25) is 9.69 Å². The van der Waals surface area contributed by atoms with E-state index in [4.69, 9.17) is 14.2 Å². The molecular weight excluding hydrogens is 342 g/mol. The number of ether oxygens (including phenoxy) is 3. The van der Waals surface area contributed by atoms with Gasteiger partial charge < -0.3 is 14.2 Å². The predicted octanol–water partition coefficient (Wildman–Crippen LogP) is 3.93. The van der Waals surface area contributed by atoms with Gasteiger partial charge in [0.25, 0.3) is 0 Å². The number of Topliss-reactive ketones (excluding diaryl/α,β-unsaturated/α-hetero) is 1. The molecule has 5 heteroatoms. The van der Waals surface area contributed by atoms with Gasteiger partial charge in [-0.15, -0.1) is 0 Å². The Kier molecular flexibility index (Phi) is 3.72. The van der Waals surface area contributed by atoms with Gasteiger partial charge in [0.05, 0.1) is 18.2 Å². The van der Waals surface area contributed by atoms with Crippen LogP contribution in [0.2, 0.25) is 0 Å². The normalized spacial score (nSPS) is 20.1. The number of hydrogen-bond donors (Lipinski definition) is 0. The van der Waals surface area contributed by atoms with Gasteiger partial charge in [0.1, 0.15) is 24.0 Å². The third-order valence-corrected chi connectivity index (χ3v) is 5.43. The molecule has 0 N–H and O–H groups in total. The lowest BCUT2D eigenvalue weighted by molar-refractivity contribution is 0.0867. The number of methoxy groups -OCH3 is 1. The minimum Gasteiger partial charge on any atom is -0.497 e. The smallest absolute Gasteiger partial charge is 0.232 e. The van der Waals surface area contributed by atoms with E-state index in [1.807, 2.05) is 37.3 Å². The zero-order valence-electron chi connectivity index (χ0n) is 15.5. The first-order valence-corrected chi connectivity index (χ1v) is 9.25. The van der Waals surface area contributed by atoms with E-state index in [2.05, 4.69) is 4.90 Å². The Labute approximate surface area is 158 Å². The van der Waals surface area contributed by atoms with E-state index in [0.29, 0.717) is 29.8 Å². The highest BCUT2D eigenvalue weighted by molar-refractivity contribution is 6.15. The SMILES string of the molecule is COc1ccc(/C=C2\Oc3c4c(cc(C)c3C2=O)OCN(C2CC2)C4)cc1. The highest BCUT2D eigenvalue weighted by Gasteiger charge is 2.38. The molecule has 1 aliphatic carbocycles. The van der Waals surface area contributed by atoms with E-state index in [0.717, 1.165) is 34.7 Å². The molecule has 0 spiro atoms. The summed E-state index contributed by atoms with van der Waals surface area (Å²) in [4.78, 5) is 15.3. The third-order valence-electron chi connectivity index (χ3n) is 5.43. The lowest BCUT2D eigenvalue weighted by Crippen LogP contribution is -2.34. The Hall–Kier alpha value is -2.79.